The molecule has 0 fully saturated rings. The number of hydrogen-bond acceptors (Lipinski definition) is 4. The zero-order chi connectivity index (χ0) is 9.90. The van der Waals surface area contributed by atoms with Gasteiger partial charge >= 0.3 is 0 Å². The van der Waals surface area contributed by atoms with E-state index in [2.05, 4.69) is 5.18 Å². The first-order valence-corrected chi connectivity index (χ1v) is 5.05. The summed E-state index contributed by atoms with van der Waals surface area (Å²) in [6.07, 6.45) is 0. The summed E-state index contributed by atoms with van der Waals surface area (Å²) in [5, 5.41) is 5.76. The second-order valence-corrected chi connectivity index (χ2v) is 4.08. The largest absolute Gasteiger partial charge is 0.240 e. The van der Waals surface area contributed by atoms with Crippen molar-refractivity contribution in [3.63, 3.8) is 0 Å². The van der Waals surface area contributed by atoms with Crippen molar-refractivity contribution in [2.45, 2.75) is 5.37 Å². The van der Waals surface area contributed by atoms with Crippen molar-refractivity contribution in [2.24, 2.45) is 10.3 Å². The predicted octanol–water partition coefficient (Wildman–Crippen LogP) is 0.740. The van der Waals surface area contributed by atoms with Crippen LogP contribution in [-0.2, 0) is 10.0 Å². The highest BCUT2D eigenvalue weighted by Gasteiger charge is 2.23. The molecule has 0 aliphatic rings. The quantitative estimate of drug-likeness (QED) is 0.729. The topological polar surface area (TPSA) is 89.6 Å². The Morgan fingerprint density at radius 1 is 1.23 bits per heavy atom. The van der Waals surface area contributed by atoms with Gasteiger partial charge in [-0.25, -0.2) is 13.6 Å². The molecule has 0 radical (unpaired) electrons. The summed E-state index contributed by atoms with van der Waals surface area (Å²) in [7, 11) is -3.95. The normalized spacial score (nSPS) is 13.6. The molecule has 1 aromatic rings. The van der Waals surface area contributed by atoms with Crippen LogP contribution < -0.4 is 5.14 Å². The molecule has 1 unspecified atom stereocenters. The van der Waals surface area contributed by atoms with Gasteiger partial charge in [0.25, 0.3) is 0 Å². The Bertz CT molecular complexity index is 387. The van der Waals surface area contributed by atoms with Gasteiger partial charge in [-0.05, 0) is 10.7 Å². The summed E-state index contributed by atoms with van der Waals surface area (Å²) >= 11 is 0. The van der Waals surface area contributed by atoms with Crippen LogP contribution in [-0.4, -0.2) is 8.42 Å². The average molecular weight is 200 g/mol. The fourth-order valence-corrected chi connectivity index (χ4v) is 1.58. The van der Waals surface area contributed by atoms with Crippen LogP contribution in [0, 0.1) is 4.91 Å². The van der Waals surface area contributed by atoms with Crippen LogP contribution in [0.5, 0.6) is 0 Å². The Balaban J connectivity index is 3.13. The summed E-state index contributed by atoms with van der Waals surface area (Å²) in [6.45, 7) is 0. The van der Waals surface area contributed by atoms with Gasteiger partial charge in [0.2, 0.25) is 15.4 Å². The summed E-state index contributed by atoms with van der Waals surface area (Å²) in [4.78, 5) is 10.2. The number of benzene rings is 1. The van der Waals surface area contributed by atoms with E-state index in [0.29, 0.717) is 0 Å². The predicted molar refractivity (Wildman–Crippen MR) is 48.1 cm³/mol. The maximum atomic E-state index is 10.8. The average Bonchev–Trinajstić information content (AvgIpc) is 2.05. The number of nitrogens with zero attached hydrogens (tertiary/aromatic N) is 1. The molecule has 5 nitrogen and oxygen atoms in total. The zero-order valence-electron chi connectivity index (χ0n) is 6.62. The van der Waals surface area contributed by atoms with Crippen LogP contribution in [0.2, 0.25) is 0 Å². The van der Waals surface area contributed by atoms with Crippen molar-refractivity contribution in [3.05, 3.63) is 40.8 Å². The lowest BCUT2D eigenvalue weighted by atomic mass is 10.2. The van der Waals surface area contributed by atoms with Crippen LogP contribution in [0.3, 0.4) is 0 Å². The van der Waals surface area contributed by atoms with E-state index in [9.17, 15) is 13.3 Å². The first-order valence-electron chi connectivity index (χ1n) is 3.44. The fraction of sp³-hybridized carbons (Fsp3) is 0.143. The molecule has 0 spiro atoms. The van der Waals surface area contributed by atoms with Crippen LogP contribution in [0.25, 0.3) is 0 Å². The standard InChI is InChI=1S/C7H8N2O3S/c8-13(11,12)7(9-10)6-4-2-1-3-5-6/h1-5,7H,(H2,8,11,12). The van der Waals surface area contributed by atoms with Gasteiger partial charge in [0.15, 0.2) is 0 Å². The molecule has 13 heavy (non-hydrogen) atoms. The van der Waals surface area contributed by atoms with Crippen LogP contribution >= 0.6 is 0 Å². The third-order valence-electron chi connectivity index (χ3n) is 1.49. The molecule has 2 N–H and O–H groups in total. The highest BCUT2D eigenvalue weighted by atomic mass is 32.2. The fourth-order valence-electron chi connectivity index (χ4n) is 0.928. The van der Waals surface area contributed by atoms with Gasteiger partial charge in [0.1, 0.15) is 0 Å². The molecular formula is C7H8N2O3S. The molecule has 1 atom stereocenters. The molecule has 0 saturated carbocycles. The number of nitroso groups, excluding NO2 is 1. The highest BCUT2D eigenvalue weighted by Crippen LogP contribution is 2.20. The van der Waals surface area contributed by atoms with Gasteiger partial charge in [-0.1, -0.05) is 30.3 Å². The van der Waals surface area contributed by atoms with Gasteiger partial charge in [0, 0.05) is 0 Å². The van der Waals surface area contributed by atoms with Crippen LogP contribution in [0.1, 0.15) is 10.9 Å². The number of hydrogen-bond donors (Lipinski definition) is 1. The summed E-state index contributed by atoms with van der Waals surface area (Å²) < 4.78 is 21.7. The molecular weight excluding hydrogens is 192 g/mol. The van der Waals surface area contributed by atoms with Gasteiger partial charge in [-0.3, -0.25) is 0 Å². The smallest absolute Gasteiger partial charge is 0.226 e. The number of sulfonamides is 1. The maximum absolute atomic E-state index is 10.8. The summed E-state index contributed by atoms with van der Waals surface area (Å²) in [6, 6.07) is 7.89. The summed E-state index contributed by atoms with van der Waals surface area (Å²) in [5.74, 6) is 0. The monoisotopic (exact) mass is 200 g/mol. The molecule has 0 aromatic heterocycles. The van der Waals surface area contributed by atoms with Crippen molar-refractivity contribution >= 4 is 10.0 Å². The number of primary sulfonamides is 1. The van der Waals surface area contributed by atoms with Crippen LogP contribution in [0.15, 0.2) is 35.5 Å². The molecule has 6 heteroatoms. The van der Waals surface area contributed by atoms with Crippen molar-refractivity contribution in [1.29, 1.82) is 0 Å². The first-order chi connectivity index (χ1) is 6.05. The van der Waals surface area contributed by atoms with Gasteiger partial charge in [-0.2, -0.15) is 0 Å². The lowest BCUT2D eigenvalue weighted by Crippen LogP contribution is -2.19. The van der Waals surface area contributed by atoms with Crippen molar-refractivity contribution in [3.8, 4) is 0 Å². The second-order valence-electron chi connectivity index (χ2n) is 2.46. The molecule has 0 amide bonds. The zero-order valence-corrected chi connectivity index (χ0v) is 7.44. The highest BCUT2D eigenvalue weighted by molar-refractivity contribution is 7.89. The summed E-state index contributed by atoms with van der Waals surface area (Å²) in [5.41, 5.74) is 0.278. The minimum atomic E-state index is -3.95. The molecule has 0 heterocycles. The second kappa shape index (κ2) is 3.63. The Labute approximate surface area is 75.6 Å². The van der Waals surface area contributed by atoms with E-state index in [1.165, 1.54) is 12.1 Å². The number of rotatable bonds is 3. The Hall–Kier alpha value is -1.27. The minimum Gasteiger partial charge on any atom is -0.226 e. The third kappa shape index (κ3) is 2.33. The molecule has 0 aliphatic carbocycles. The Morgan fingerprint density at radius 2 is 1.77 bits per heavy atom. The van der Waals surface area contributed by atoms with E-state index in [0.717, 1.165) is 0 Å². The number of nitrogens with two attached hydrogens (primary N) is 1. The molecule has 1 aromatic carbocycles. The van der Waals surface area contributed by atoms with Gasteiger partial charge < -0.3 is 0 Å². The van der Waals surface area contributed by atoms with Crippen molar-refractivity contribution in [1.82, 2.24) is 0 Å². The van der Waals surface area contributed by atoms with Crippen molar-refractivity contribution < 1.29 is 8.42 Å². The van der Waals surface area contributed by atoms with Crippen molar-refractivity contribution in [2.75, 3.05) is 0 Å². The third-order valence-corrected chi connectivity index (χ3v) is 2.47. The molecule has 0 saturated heterocycles. The molecule has 1 rings (SSSR count). The van der Waals surface area contributed by atoms with Gasteiger partial charge in [0.05, 0.1) is 0 Å². The Kier molecular flexibility index (Phi) is 2.74. The first kappa shape index (κ1) is 9.82. The lowest BCUT2D eigenvalue weighted by molar-refractivity contribution is 0.585. The van der Waals surface area contributed by atoms with Gasteiger partial charge in [-0.15, -0.1) is 4.91 Å². The molecule has 0 bridgehead atoms. The maximum Gasteiger partial charge on any atom is 0.240 e. The minimum absolute atomic E-state index is 0.278. The van der Waals surface area contributed by atoms with E-state index in [-0.39, 0.29) is 5.56 Å². The SMILES string of the molecule is NS(=O)(=O)C(N=O)c1ccccc1. The van der Waals surface area contributed by atoms with E-state index < -0.39 is 15.4 Å². The van der Waals surface area contributed by atoms with E-state index in [1.54, 1.807) is 18.2 Å². The van der Waals surface area contributed by atoms with Crippen LogP contribution in [0.4, 0.5) is 0 Å². The Morgan fingerprint density at radius 3 is 2.15 bits per heavy atom. The molecule has 0 aliphatic heterocycles. The van der Waals surface area contributed by atoms with E-state index >= 15 is 0 Å². The van der Waals surface area contributed by atoms with E-state index in [1.807, 2.05) is 0 Å². The lowest BCUT2D eigenvalue weighted by Gasteiger charge is -2.05. The van der Waals surface area contributed by atoms with E-state index in [4.69, 9.17) is 5.14 Å². The molecule has 70 valence electrons.